The molecule has 27 heavy (non-hydrogen) atoms. The molecule has 8 heteroatoms. The second-order valence-corrected chi connectivity index (χ2v) is 8.25. The van der Waals surface area contributed by atoms with E-state index in [1.807, 2.05) is 29.0 Å². The average molecular weight is 382 g/mol. The predicted octanol–water partition coefficient (Wildman–Crippen LogP) is 2.60. The molecule has 0 spiro atoms. The molecular weight excluding hydrogens is 360 g/mol. The molecule has 1 saturated heterocycles. The molecule has 1 saturated carbocycles. The van der Waals surface area contributed by atoms with E-state index in [2.05, 4.69) is 20.4 Å². The molecule has 140 valence electrons. The number of amides is 1. The number of piperidine rings is 1. The number of hydrogen-bond acceptors (Lipinski definition) is 6. The Morgan fingerprint density at radius 1 is 1.22 bits per heavy atom. The molecular formula is C19H22N6OS. The van der Waals surface area contributed by atoms with E-state index in [9.17, 15) is 4.79 Å². The van der Waals surface area contributed by atoms with E-state index in [4.69, 9.17) is 5.10 Å². The van der Waals surface area contributed by atoms with E-state index in [-0.39, 0.29) is 11.8 Å². The van der Waals surface area contributed by atoms with Crippen molar-refractivity contribution >= 4 is 28.7 Å². The number of nitrogens with one attached hydrogen (secondary N) is 1. The molecule has 0 bridgehead atoms. The van der Waals surface area contributed by atoms with Crippen molar-refractivity contribution in [3.63, 3.8) is 0 Å². The van der Waals surface area contributed by atoms with Gasteiger partial charge in [0.05, 0.1) is 5.92 Å². The van der Waals surface area contributed by atoms with Crippen molar-refractivity contribution in [2.75, 3.05) is 24.5 Å². The van der Waals surface area contributed by atoms with Crippen molar-refractivity contribution in [3.05, 3.63) is 29.0 Å². The summed E-state index contributed by atoms with van der Waals surface area (Å²) in [5.74, 6) is 2.56. The fourth-order valence-corrected chi connectivity index (χ4v) is 4.26. The van der Waals surface area contributed by atoms with Gasteiger partial charge in [0.1, 0.15) is 5.82 Å². The summed E-state index contributed by atoms with van der Waals surface area (Å²) in [5.41, 5.74) is 1.75. The molecule has 1 N–H and O–H groups in total. The Kier molecular flexibility index (Phi) is 4.27. The Bertz CT molecular complexity index is 948. The Labute approximate surface area is 161 Å². The molecule has 7 nitrogen and oxygen atoms in total. The highest BCUT2D eigenvalue weighted by Gasteiger charge is 2.29. The zero-order valence-corrected chi connectivity index (χ0v) is 15.9. The van der Waals surface area contributed by atoms with Crippen molar-refractivity contribution in [1.29, 1.82) is 0 Å². The maximum Gasteiger partial charge on any atom is 0.224 e. The number of carbonyl (C=O) groups excluding carboxylic acids is 1. The van der Waals surface area contributed by atoms with Crippen molar-refractivity contribution in [1.82, 2.24) is 25.1 Å². The maximum absolute atomic E-state index is 12.5. The number of thiophene rings is 1. The molecule has 1 unspecified atom stereocenters. The van der Waals surface area contributed by atoms with Gasteiger partial charge in [-0.1, -0.05) is 0 Å². The van der Waals surface area contributed by atoms with E-state index in [1.54, 1.807) is 15.9 Å². The number of rotatable bonds is 5. The van der Waals surface area contributed by atoms with Crippen molar-refractivity contribution in [2.45, 2.75) is 25.7 Å². The van der Waals surface area contributed by atoms with Gasteiger partial charge in [-0.3, -0.25) is 4.79 Å². The van der Waals surface area contributed by atoms with Crippen molar-refractivity contribution in [3.8, 4) is 11.4 Å². The smallest absolute Gasteiger partial charge is 0.224 e. The van der Waals surface area contributed by atoms with Gasteiger partial charge < -0.3 is 10.2 Å². The lowest BCUT2D eigenvalue weighted by atomic mass is 9.97. The Hall–Kier alpha value is -2.48. The quantitative estimate of drug-likeness (QED) is 0.734. The third kappa shape index (κ3) is 3.41. The zero-order chi connectivity index (χ0) is 18.2. The van der Waals surface area contributed by atoms with Gasteiger partial charge in [0.25, 0.3) is 0 Å². The number of aromatic nitrogens is 4. The molecule has 4 heterocycles. The van der Waals surface area contributed by atoms with Gasteiger partial charge in [0.2, 0.25) is 5.91 Å². The maximum atomic E-state index is 12.5. The van der Waals surface area contributed by atoms with Crippen LogP contribution in [0.5, 0.6) is 0 Å². The average Bonchev–Trinajstić information content (AvgIpc) is 3.20. The van der Waals surface area contributed by atoms with E-state index >= 15 is 0 Å². The molecule has 1 aliphatic carbocycles. The van der Waals surface area contributed by atoms with Crippen LogP contribution in [0.2, 0.25) is 0 Å². The van der Waals surface area contributed by atoms with Crippen LogP contribution in [0.4, 0.5) is 5.82 Å². The summed E-state index contributed by atoms with van der Waals surface area (Å²) >= 11 is 1.63. The Morgan fingerprint density at radius 3 is 2.96 bits per heavy atom. The van der Waals surface area contributed by atoms with Gasteiger partial charge in [0, 0.05) is 30.6 Å². The number of nitrogens with zero attached hydrogens (tertiary/aromatic N) is 5. The highest BCUT2D eigenvalue weighted by Crippen LogP contribution is 2.28. The molecule has 2 fully saturated rings. The molecule has 0 radical (unpaired) electrons. The molecule has 5 rings (SSSR count). The van der Waals surface area contributed by atoms with Crippen LogP contribution < -0.4 is 10.2 Å². The standard InChI is InChI=1S/C19H22N6OS/c26-19(20-10-13-3-4-13)14-2-1-8-24(11-14)17-6-5-16-21-22-18(25(16)23-17)15-7-9-27-12-15/h5-7,9,12-14H,1-4,8,10-11H2,(H,20,26). The summed E-state index contributed by atoms with van der Waals surface area (Å²) in [6.45, 7) is 2.47. The lowest BCUT2D eigenvalue weighted by Crippen LogP contribution is -2.44. The van der Waals surface area contributed by atoms with E-state index in [1.165, 1.54) is 12.8 Å². The molecule has 0 aromatic carbocycles. The van der Waals surface area contributed by atoms with Crippen LogP contribution in [-0.4, -0.2) is 45.4 Å². The summed E-state index contributed by atoms with van der Waals surface area (Å²) in [5, 5.41) is 20.5. The van der Waals surface area contributed by atoms with Crippen LogP contribution in [0, 0.1) is 11.8 Å². The van der Waals surface area contributed by atoms with E-state index in [0.717, 1.165) is 48.8 Å². The molecule has 1 aliphatic heterocycles. The van der Waals surface area contributed by atoms with Crippen LogP contribution >= 0.6 is 11.3 Å². The highest BCUT2D eigenvalue weighted by molar-refractivity contribution is 7.08. The molecule has 1 amide bonds. The molecule has 3 aromatic rings. The summed E-state index contributed by atoms with van der Waals surface area (Å²) in [4.78, 5) is 14.7. The van der Waals surface area contributed by atoms with Gasteiger partial charge in [-0.15, -0.1) is 15.3 Å². The highest BCUT2D eigenvalue weighted by atomic mass is 32.1. The third-order valence-electron chi connectivity index (χ3n) is 5.41. The number of carbonyl (C=O) groups is 1. The van der Waals surface area contributed by atoms with Crippen LogP contribution in [0.1, 0.15) is 25.7 Å². The van der Waals surface area contributed by atoms with Crippen LogP contribution in [0.3, 0.4) is 0 Å². The van der Waals surface area contributed by atoms with E-state index < -0.39 is 0 Å². The van der Waals surface area contributed by atoms with Crippen LogP contribution in [-0.2, 0) is 4.79 Å². The first-order valence-electron chi connectivity index (χ1n) is 9.55. The summed E-state index contributed by atoms with van der Waals surface area (Å²) in [6, 6.07) is 5.95. The Balaban J connectivity index is 1.36. The summed E-state index contributed by atoms with van der Waals surface area (Å²) in [7, 11) is 0. The van der Waals surface area contributed by atoms with Gasteiger partial charge >= 0.3 is 0 Å². The number of hydrogen-bond donors (Lipinski definition) is 1. The minimum atomic E-state index is 0.0345. The first kappa shape index (κ1) is 16.7. The minimum absolute atomic E-state index is 0.0345. The Morgan fingerprint density at radius 2 is 2.15 bits per heavy atom. The number of anilines is 1. The monoisotopic (exact) mass is 382 g/mol. The van der Waals surface area contributed by atoms with Crippen LogP contribution in [0.15, 0.2) is 29.0 Å². The second-order valence-electron chi connectivity index (χ2n) is 7.47. The molecule has 2 aliphatic rings. The predicted molar refractivity (Wildman–Crippen MR) is 105 cm³/mol. The van der Waals surface area contributed by atoms with Crippen LogP contribution in [0.25, 0.3) is 17.0 Å². The van der Waals surface area contributed by atoms with Gasteiger partial charge in [-0.05, 0) is 55.2 Å². The molecule has 3 aromatic heterocycles. The lowest BCUT2D eigenvalue weighted by molar-refractivity contribution is -0.125. The summed E-state index contributed by atoms with van der Waals surface area (Å²) in [6.07, 6.45) is 4.46. The third-order valence-corrected chi connectivity index (χ3v) is 6.09. The SMILES string of the molecule is O=C(NCC1CC1)C1CCCN(c2ccc3nnc(-c4ccsc4)n3n2)C1. The first-order chi connectivity index (χ1) is 13.3. The number of fused-ring (bicyclic) bond motifs is 1. The second kappa shape index (κ2) is 6.92. The van der Waals surface area contributed by atoms with E-state index in [0.29, 0.717) is 12.5 Å². The fraction of sp³-hybridized carbons (Fsp3) is 0.474. The zero-order valence-electron chi connectivity index (χ0n) is 15.0. The normalized spacial score (nSPS) is 20.1. The fourth-order valence-electron chi connectivity index (χ4n) is 3.63. The van der Waals surface area contributed by atoms with Gasteiger partial charge in [-0.2, -0.15) is 15.9 Å². The topological polar surface area (TPSA) is 75.4 Å². The minimum Gasteiger partial charge on any atom is -0.356 e. The lowest BCUT2D eigenvalue weighted by Gasteiger charge is -2.32. The first-order valence-corrected chi connectivity index (χ1v) is 10.5. The van der Waals surface area contributed by atoms with Gasteiger partial charge in [-0.25, -0.2) is 0 Å². The van der Waals surface area contributed by atoms with Crippen molar-refractivity contribution in [2.24, 2.45) is 11.8 Å². The largest absolute Gasteiger partial charge is 0.356 e. The molecule has 1 atom stereocenters. The van der Waals surface area contributed by atoms with Gasteiger partial charge in [0.15, 0.2) is 11.5 Å². The summed E-state index contributed by atoms with van der Waals surface area (Å²) < 4.78 is 1.80. The van der Waals surface area contributed by atoms with Crippen molar-refractivity contribution < 1.29 is 4.79 Å².